The van der Waals surface area contributed by atoms with Gasteiger partial charge >= 0.3 is 0 Å². The van der Waals surface area contributed by atoms with E-state index < -0.39 is 6.04 Å². The van der Waals surface area contributed by atoms with E-state index in [0.717, 1.165) is 0 Å². The monoisotopic (exact) mass is 257 g/mol. The van der Waals surface area contributed by atoms with Gasteiger partial charge in [0, 0.05) is 26.1 Å². The van der Waals surface area contributed by atoms with Gasteiger partial charge in [0.25, 0.3) is 0 Å². The standard InChI is InChI=1S/C13H27N3O2/c1-7-16(6)12(18)9(2)15-11(17)8-10(14)13(3,4)5/h9-10H,7-8,14H2,1-6H3,(H,15,17). The zero-order valence-electron chi connectivity index (χ0n) is 12.4. The number of nitrogens with one attached hydrogen (secondary N) is 1. The molecule has 0 aromatic heterocycles. The lowest BCUT2D eigenvalue weighted by atomic mass is 9.85. The Morgan fingerprint density at radius 2 is 1.83 bits per heavy atom. The van der Waals surface area contributed by atoms with Gasteiger partial charge in [0.05, 0.1) is 0 Å². The van der Waals surface area contributed by atoms with Crippen LogP contribution in [-0.2, 0) is 9.59 Å². The van der Waals surface area contributed by atoms with Gasteiger partial charge in [-0.25, -0.2) is 0 Å². The van der Waals surface area contributed by atoms with Crippen molar-refractivity contribution in [3.8, 4) is 0 Å². The van der Waals surface area contributed by atoms with Gasteiger partial charge in [-0.2, -0.15) is 0 Å². The average molecular weight is 257 g/mol. The molecular formula is C13H27N3O2. The van der Waals surface area contributed by atoms with Crippen LogP contribution in [0.1, 0.15) is 41.0 Å². The van der Waals surface area contributed by atoms with Gasteiger partial charge in [-0.3, -0.25) is 9.59 Å². The van der Waals surface area contributed by atoms with Crippen molar-refractivity contribution in [1.82, 2.24) is 10.2 Å². The third kappa shape index (κ3) is 5.49. The van der Waals surface area contributed by atoms with Crippen LogP contribution in [0.3, 0.4) is 0 Å². The van der Waals surface area contributed by atoms with Crippen LogP contribution in [0.4, 0.5) is 0 Å². The summed E-state index contributed by atoms with van der Waals surface area (Å²) in [7, 11) is 1.71. The molecule has 0 saturated heterocycles. The molecule has 5 heteroatoms. The summed E-state index contributed by atoms with van der Waals surface area (Å²) >= 11 is 0. The van der Waals surface area contributed by atoms with Crippen molar-refractivity contribution < 1.29 is 9.59 Å². The molecule has 0 bridgehead atoms. The normalized spacial score (nSPS) is 14.8. The van der Waals surface area contributed by atoms with Crippen molar-refractivity contribution in [2.24, 2.45) is 11.1 Å². The first-order valence-corrected chi connectivity index (χ1v) is 6.39. The van der Waals surface area contributed by atoms with Crippen molar-refractivity contribution >= 4 is 11.8 Å². The number of likely N-dealkylation sites (N-methyl/N-ethyl adjacent to an activating group) is 1. The van der Waals surface area contributed by atoms with Crippen LogP contribution >= 0.6 is 0 Å². The van der Waals surface area contributed by atoms with Gasteiger partial charge in [0.2, 0.25) is 11.8 Å². The minimum Gasteiger partial charge on any atom is -0.345 e. The number of nitrogens with zero attached hydrogens (tertiary/aromatic N) is 1. The van der Waals surface area contributed by atoms with Crippen LogP contribution in [-0.4, -0.2) is 42.4 Å². The molecule has 0 aliphatic carbocycles. The highest BCUT2D eigenvalue weighted by Crippen LogP contribution is 2.19. The molecule has 0 aliphatic heterocycles. The number of carbonyl (C=O) groups excluding carboxylic acids is 2. The van der Waals surface area contributed by atoms with E-state index in [1.807, 2.05) is 27.7 Å². The molecule has 0 heterocycles. The quantitative estimate of drug-likeness (QED) is 0.762. The Kier molecular flexibility index (Phi) is 6.32. The fraction of sp³-hybridized carbons (Fsp3) is 0.846. The molecular weight excluding hydrogens is 230 g/mol. The SMILES string of the molecule is CCN(C)C(=O)C(C)NC(=O)CC(N)C(C)(C)C. The Bertz CT molecular complexity index is 297. The van der Waals surface area contributed by atoms with E-state index in [1.165, 1.54) is 0 Å². The van der Waals surface area contributed by atoms with E-state index >= 15 is 0 Å². The van der Waals surface area contributed by atoms with Crippen molar-refractivity contribution in [2.45, 2.75) is 53.1 Å². The third-order valence-corrected chi connectivity index (χ3v) is 3.12. The van der Waals surface area contributed by atoms with Crippen LogP contribution < -0.4 is 11.1 Å². The molecule has 0 saturated carbocycles. The Morgan fingerprint density at radius 3 is 2.22 bits per heavy atom. The highest BCUT2D eigenvalue weighted by atomic mass is 16.2. The topological polar surface area (TPSA) is 75.4 Å². The molecule has 106 valence electrons. The zero-order chi connectivity index (χ0) is 14.5. The summed E-state index contributed by atoms with van der Waals surface area (Å²) < 4.78 is 0. The zero-order valence-corrected chi connectivity index (χ0v) is 12.4. The summed E-state index contributed by atoms with van der Waals surface area (Å²) in [6.45, 7) is 10.2. The average Bonchev–Trinajstić information content (AvgIpc) is 2.25. The molecule has 3 N–H and O–H groups in total. The van der Waals surface area contributed by atoms with Crippen molar-refractivity contribution in [2.75, 3.05) is 13.6 Å². The largest absolute Gasteiger partial charge is 0.345 e. The Labute approximate surface area is 110 Å². The van der Waals surface area contributed by atoms with Gasteiger partial charge in [-0.1, -0.05) is 20.8 Å². The van der Waals surface area contributed by atoms with Gasteiger partial charge in [-0.05, 0) is 19.3 Å². The second-order valence-corrected chi connectivity index (χ2v) is 5.82. The maximum Gasteiger partial charge on any atom is 0.244 e. The molecule has 0 radical (unpaired) electrons. The molecule has 2 atom stereocenters. The van der Waals surface area contributed by atoms with Crippen LogP contribution in [0, 0.1) is 5.41 Å². The van der Waals surface area contributed by atoms with Gasteiger partial charge in [-0.15, -0.1) is 0 Å². The second kappa shape index (κ2) is 6.73. The van der Waals surface area contributed by atoms with Gasteiger partial charge < -0.3 is 16.0 Å². The van der Waals surface area contributed by atoms with Crippen molar-refractivity contribution in [3.63, 3.8) is 0 Å². The first kappa shape index (κ1) is 16.9. The molecule has 5 nitrogen and oxygen atoms in total. The van der Waals surface area contributed by atoms with Crippen LogP contribution in [0.2, 0.25) is 0 Å². The lowest BCUT2D eigenvalue weighted by molar-refractivity contribution is -0.134. The smallest absolute Gasteiger partial charge is 0.244 e. The highest BCUT2D eigenvalue weighted by molar-refractivity contribution is 5.87. The minimum atomic E-state index is -0.505. The molecule has 0 rings (SSSR count). The summed E-state index contributed by atoms with van der Waals surface area (Å²) in [6, 6.07) is -0.724. The number of amides is 2. The fourth-order valence-electron chi connectivity index (χ4n) is 1.35. The first-order valence-electron chi connectivity index (χ1n) is 6.39. The third-order valence-electron chi connectivity index (χ3n) is 3.12. The molecule has 0 aliphatic rings. The molecule has 0 spiro atoms. The first-order chi connectivity index (χ1) is 8.09. The molecule has 2 unspecified atom stereocenters. The maximum absolute atomic E-state index is 11.8. The van der Waals surface area contributed by atoms with E-state index in [0.29, 0.717) is 6.54 Å². The predicted octanol–water partition coefficient (Wildman–Crippen LogP) is 0.733. The van der Waals surface area contributed by atoms with Crippen LogP contribution in [0.15, 0.2) is 0 Å². The molecule has 2 amide bonds. The summed E-state index contributed by atoms with van der Waals surface area (Å²) in [5.41, 5.74) is 5.81. The molecule has 18 heavy (non-hydrogen) atoms. The van der Waals surface area contributed by atoms with Gasteiger partial charge in [0.1, 0.15) is 6.04 Å². The summed E-state index contributed by atoms with van der Waals surface area (Å²) in [4.78, 5) is 25.1. The van der Waals surface area contributed by atoms with Crippen molar-refractivity contribution in [3.05, 3.63) is 0 Å². The summed E-state index contributed by atoms with van der Waals surface area (Å²) in [5, 5.41) is 2.69. The van der Waals surface area contributed by atoms with Crippen LogP contribution in [0.5, 0.6) is 0 Å². The number of rotatable bonds is 5. The fourth-order valence-corrected chi connectivity index (χ4v) is 1.35. The number of nitrogens with two attached hydrogens (primary N) is 1. The van der Waals surface area contributed by atoms with Crippen LogP contribution in [0.25, 0.3) is 0 Å². The Balaban J connectivity index is 4.29. The molecule has 0 aromatic carbocycles. The van der Waals surface area contributed by atoms with E-state index in [2.05, 4.69) is 5.32 Å². The number of hydrogen-bond acceptors (Lipinski definition) is 3. The van der Waals surface area contributed by atoms with E-state index in [1.54, 1.807) is 18.9 Å². The predicted molar refractivity (Wildman–Crippen MR) is 73.0 cm³/mol. The highest BCUT2D eigenvalue weighted by Gasteiger charge is 2.25. The lowest BCUT2D eigenvalue weighted by Crippen LogP contribution is -2.48. The van der Waals surface area contributed by atoms with E-state index in [-0.39, 0.29) is 29.7 Å². The lowest BCUT2D eigenvalue weighted by Gasteiger charge is -2.27. The molecule has 0 fully saturated rings. The Hall–Kier alpha value is -1.10. The summed E-state index contributed by atoms with van der Waals surface area (Å²) in [5.74, 6) is -0.266. The Morgan fingerprint density at radius 1 is 1.33 bits per heavy atom. The van der Waals surface area contributed by atoms with Crippen molar-refractivity contribution in [1.29, 1.82) is 0 Å². The number of hydrogen-bond donors (Lipinski definition) is 2. The van der Waals surface area contributed by atoms with Gasteiger partial charge in [0.15, 0.2) is 0 Å². The second-order valence-electron chi connectivity index (χ2n) is 5.82. The number of carbonyl (C=O) groups is 2. The minimum absolute atomic E-state index is 0.0878. The molecule has 0 aromatic rings. The summed E-state index contributed by atoms with van der Waals surface area (Å²) in [6.07, 6.45) is 0.233. The van der Waals surface area contributed by atoms with E-state index in [4.69, 9.17) is 5.73 Å². The van der Waals surface area contributed by atoms with E-state index in [9.17, 15) is 9.59 Å². The maximum atomic E-state index is 11.8.